The molecule has 0 bridgehead atoms. The Morgan fingerprint density at radius 3 is 2.38 bits per heavy atom. The summed E-state index contributed by atoms with van der Waals surface area (Å²) < 4.78 is 2.88. The van der Waals surface area contributed by atoms with Crippen LogP contribution in [0.2, 0.25) is 0 Å². The van der Waals surface area contributed by atoms with Crippen molar-refractivity contribution in [2.75, 3.05) is 5.32 Å². The zero-order chi connectivity index (χ0) is 14.7. The number of carbonyl (C=O) groups excluding carboxylic acids is 1. The first kappa shape index (κ1) is 13.8. The van der Waals surface area contributed by atoms with Crippen LogP contribution in [0.5, 0.6) is 0 Å². The van der Waals surface area contributed by atoms with Crippen LogP contribution in [0.3, 0.4) is 0 Å². The molecular weight excluding hydrogens is 377 g/mol. The Hall–Kier alpha value is -2.15. The van der Waals surface area contributed by atoms with Crippen molar-refractivity contribution in [3.05, 3.63) is 76.1 Å². The lowest BCUT2D eigenvalue weighted by Gasteiger charge is -2.06. The van der Waals surface area contributed by atoms with E-state index in [1.54, 1.807) is 23.0 Å². The molecule has 1 amide bonds. The van der Waals surface area contributed by atoms with Gasteiger partial charge < -0.3 is 5.32 Å². The molecule has 104 valence electrons. The Morgan fingerprint density at radius 2 is 1.76 bits per heavy atom. The standard InChI is InChI=1S/C16H12IN3O/c17-13-4-6-14(7-5-13)19-16(21)12-2-8-15(9-3-12)20-11-1-10-18-20/h1-11H,(H,19,21). The molecule has 3 aromatic rings. The third kappa shape index (κ3) is 3.30. The number of nitrogens with zero attached hydrogens (tertiary/aromatic N) is 2. The molecule has 0 aliphatic rings. The Labute approximate surface area is 135 Å². The predicted octanol–water partition coefficient (Wildman–Crippen LogP) is 3.73. The van der Waals surface area contributed by atoms with Crippen molar-refractivity contribution in [3.63, 3.8) is 0 Å². The zero-order valence-electron chi connectivity index (χ0n) is 11.0. The minimum atomic E-state index is -0.122. The molecule has 1 N–H and O–H groups in total. The van der Waals surface area contributed by atoms with Gasteiger partial charge in [-0.3, -0.25) is 4.79 Å². The molecule has 0 atom stereocenters. The summed E-state index contributed by atoms with van der Waals surface area (Å²) >= 11 is 2.23. The Morgan fingerprint density at radius 1 is 1.05 bits per heavy atom. The topological polar surface area (TPSA) is 46.9 Å². The average molecular weight is 389 g/mol. The van der Waals surface area contributed by atoms with Gasteiger partial charge in [-0.2, -0.15) is 5.10 Å². The predicted molar refractivity (Wildman–Crippen MR) is 90.7 cm³/mol. The van der Waals surface area contributed by atoms with Gasteiger partial charge in [0.2, 0.25) is 0 Å². The maximum absolute atomic E-state index is 12.2. The molecule has 0 spiro atoms. The molecule has 21 heavy (non-hydrogen) atoms. The Kier molecular flexibility index (Phi) is 4.01. The number of amides is 1. The molecule has 0 aliphatic carbocycles. The van der Waals surface area contributed by atoms with Gasteiger partial charge in [-0.05, 0) is 77.2 Å². The van der Waals surface area contributed by atoms with Crippen molar-refractivity contribution < 1.29 is 4.79 Å². The summed E-state index contributed by atoms with van der Waals surface area (Å²) in [7, 11) is 0. The number of anilines is 1. The summed E-state index contributed by atoms with van der Waals surface area (Å²) in [6.45, 7) is 0. The molecular formula is C16H12IN3O. The number of halogens is 1. The number of benzene rings is 2. The molecule has 4 nitrogen and oxygen atoms in total. The van der Waals surface area contributed by atoms with Crippen molar-refractivity contribution >= 4 is 34.2 Å². The Balaban J connectivity index is 1.74. The summed E-state index contributed by atoms with van der Waals surface area (Å²) in [5, 5.41) is 7.03. The Bertz CT molecular complexity index is 734. The van der Waals surface area contributed by atoms with Gasteiger partial charge in [0.1, 0.15) is 0 Å². The van der Waals surface area contributed by atoms with Crippen molar-refractivity contribution in [1.82, 2.24) is 9.78 Å². The average Bonchev–Trinajstić information content (AvgIpc) is 3.04. The molecule has 0 saturated carbocycles. The number of aromatic nitrogens is 2. The van der Waals surface area contributed by atoms with E-state index < -0.39 is 0 Å². The number of hydrogen-bond acceptors (Lipinski definition) is 2. The lowest BCUT2D eigenvalue weighted by Crippen LogP contribution is -2.11. The van der Waals surface area contributed by atoms with Gasteiger partial charge in [-0.15, -0.1) is 0 Å². The fourth-order valence-corrected chi connectivity index (χ4v) is 2.28. The van der Waals surface area contributed by atoms with Crippen molar-refractivity contribution in [1.29, 1.82) is 0 Å². The second-order valence-corrected chi connectivity index (χ2v) is 5.70. The van der Waals surface area contributed by atoms with E-state index >= 15 is 0 Å². The highest BCUT2D eigenvalue weighted by molar-refractivity contribution is 14.1. The van der Waals surface area contributed by atoms with E-state index in [-0.39, 0.29) is 5.91 Å². The van der Waals surface area contributed by atoms with Crippen LogP contribution in [0.25, 0.3) is 5.69 Å². The van der Waals surface area contributed by atoms with Crippen LogP contribution in [-0.4, -0.2) is 15.7 Å². The van der Waals surface area contributed by atoms with Crippen LogP contribution in [0, 0.1) is 3.57 Å². The van der Waals surface area contributed by atoms with E-state index in [1.807, 2.05) is 48.7 Å². The molecule has 0 radical (unpaired) electrons. The second kappa shape index (κ2) is 6.09. The number of hydrogen-bond donors (Lipinski definition) is 1. The van der Waals surface area contributed by atoms with E-state index in [0.29, 0.717) is 5.56 Å². The van der Waals surface area contributed by atoms with Crippen LogP contribution < -0.4 is 5.32 Å². The van der Waals surface area contributed by atoms with Crippen LogP contribution in [0.4, 0.5) is 5.69 Å². The van der Waals surface area contributed by atoms with Gasteiger partial charge in [-0.25, -0.2) is 4.68 Å². The van der Waals surface area contributed by atoms with Gasteiger partial charge in [0.05, 0.1) is 5.69 Å². The largest absolute Gasteiger partial charge is 0.322 e. The summed E-state index contributed by atoms with van der Waals surface area (Å²) in [5.41, 5.74) is 2.33. The SMILES string of the molecule is O=C(Nc1ccc(I)cc1)c1ccc(-n2cccn2)cc1. The highest BCUT2D eigenvalue weighted by atomic mass is 127. The minimum absolute atomic E-state index is 0.122. The number of carbonyl (C=O) groups is 1. The first-order chi connectivity index (χ1) is 10.2. The number of nitrogens with one attached hydrogen (secondary N) is 1. The summed E-state index contributed by atoms with van der Waals surface area (Å²) in [5.74, 6) is -0.122. The van der Waals surface area contributed by atoms with Gasteiger partial charge in [0.15, 0.2) is 0 Å². The van der Waals surface area contributed by atoms with E-state index in [4.69, 9.17) is 0 Å². The first-order valence-corrected chi connectivity index (χ1v) is 7.47. The highest BCUT2D eigenvalue weighted by Gasteiger charge is 2.06. The van der Waals surface area contributed by atoms with E-state index in [0.717, 1.165) is 14.9 Å². The van der Waals surface area contributed by atoms with Gasteiger partial charge in [0, 0.05) is 27.2 Å². The minimum Gasteiger partial charge on any atom is -0.322 e. The molecule has 3 rings (SSSR count). The van der Waals surface area contributed by atoms with E-state index in [2.05, 4.69) is 33.0 Å². The van der Waals surface area contributed by atoms with Crippen LogP contribution in [0.15, 0.2) is 67.0 Å². The number of rotatable bonds is 3. The smallest absolute Gasteiger partial charge is 0.255 e. The maximum Gasteiger partial charge on any atom is 0.255 e. The zero-order valence-corrected chi connectivity index (χ0v) is 13.2. The van der Waals surface area contributed by atoms with Crippen molar-refractivity contribution in [2.45, 2.75) is 0 Å². The molecule has 5 heteroatoms. The molecule has 0 fully saturated rings. The van der Waals surface area contributed by atoms with Crippen LogP contribution in [-0.2, 0) is 0 Å². The van der Waals surface area contributed by atoms with Gasteiger partial charge in [-0.1, -0.05) is 0 Å². The molecule has 1 aromatic heterocycles. The molecule has 0 aliphatic heterocycles. The lowest BCUT2D eigenvalue weighted by molar-refractivity contribution is 0.102. The van der Waals surface area contributed by atoms with E-state index in [9.17, 15) is 4.79 Å². The van der Waals surface area contributed by atoms with Gasteiger partial charge in [0.25, 0.3) is 5.91 Å². The normalized spacial score (nSPS) is 10.3. The van der Waals surface area contributed by atoms with Crippen molar-refractivity contribution in [3.8, 4) is 5.69 Å². The monoisotopic (exact) mass is 389 g/mol. The summed E-state index contributed by atoms with van der Waals surface area (Å²) in [4.78, 5) is 12.2. The second-order valence-electron chi connectivity index (χ2n) is 4.46. The molecule has 2 aromatic carbocycles. The van der Waals surface area contributed by atoms with E-state index in [1.165, 1.54) is 0 Å². The molecule has 0 unspecified atom stereocenters. The third-order valence-corrected chi connectivity index (χ3v) is 3.72. The fraction of sp³-hybridized carbons (Fsp3) is 0. The maximum atomic E-state index is 12.2. The molecule has 1 heterocycles. The lowest BCUT2D eigenvalue weighted by atomic mass is 10.2. The summed E-state index contributed by atoms with van der Waals surface area (Å²) in [6.07, 6.45) is 3.58. The van der Waals surface area contributed by atoms with Crippen LogP contribution in [0.1, 0.15) is 10.4 Å². The highest BCUT2D eigenvalue weighted by Crippen LogP contribution is 2.14. The van der Waals surface area contributed by atoms with Crippen molar-refractivity contribution in [2.24, 2.45) is 0 Å². The van der Waals surface area contributed by atoms with Crippen LogP contribution >= 0.6 is 22.6 Å². The third-order valence-electron chi connectivity index (χ3n) is 3.00. The fourth-order valence-electron chi connectivity index (χ4n) is 1.92. The molecule has 0 saturated heterocycles. The summed E-state index contributed by atoms with van der Waals surface area (Å²) in [6, 6.07) is 16.9. The van der Waals surface area contributed by atoms with Gasteiger partial charge >= 0.3 is 0 Å². The first-order valence-electron chi connectivity index (χ1n) is 6.39. The quantitative estimate of drug-likeness (QED) is 0.694.